The van der Waals surface area contributed by atoms with Crippen LogP contribution >= 0.6 is 0 Å². The molecular formula is C8H8F3N. The van der Waals surface area contributed by atoms with Crippen molar-refractivity contribution in [2.45, 2.75) is 20.0 Å². The number of hydrogen-bond donors (Lipinski definition) is 0. The third kappa shape index (κ3) is 1.75. The molecule has 0 aliphatic carbocycles. The van der Waals surface area contributed by atoms with Crippen molar-refractivity contribution >= 4 is 0 Å². The summed E-state index contributed by atoms with van der Waals surface area (Å²) in [5.74, 6) is 0. The van der Waals surface area contributed by atoms with Crippen molar-refractivity contribution in [3.8, 4) is 0 Å². The van der Waals surface area contributed by atoms with Gasteiger partial charge >= 0.3 is 6.18 Å². The number of nitrogens with zero attached hydrogens (tertiary/aromatic N) is 1. The second-order valence-electron chi connectivity index (χ2n) is 2.62. The van der Waals surface area contributed by atoms with Crippen molar-refractivity contribution in [3.05, 3.63) is 29.1 Å². The van der Waals surface area contributed by atoms with Crippen molar-refractivity contribution in [2.75, 3.05) is 0 Å². The highest BCUT2D eigenvalue weighted by Gasteiger charge is 2.34. The molecule has 0 spiro atoms. The van der Waals surface area contributed by atoms with Crippen LogP contribution in [0, 0.1) is 13.8 Å². The molecule has 0 aliphatic heterocycles. The van der Waals surface area contributed by atoms with Gasteiger partial charge in [-0.1, -0.05) is 6.07 Å². The SMILES string of the molecule is Cc1ccc(C)c(C(F)(F)F)n1. The van der Waals surface area contributed by atoms with Gasteiger partial charge in [0.05, 0.1) is 0 Å². The lowest BCUT2D eigenvalue weighted by atomic mass is 10.2. The van der Waals surface area contributed by atoms with Gasteiger partial charge in [0, 0.05) is 5.69 Å². The molecule has 0 aromatic carbocycles. The smallest absolute Gasteiger partial charge is 0.248 e. The van der Waals surface area contributed by atoms with E-state index in [9.17, 15) is 13.2 Å². The minimum Gasteiger partial charge on any atom is -0.248 e. The predicted octanol–water partition coefficient (Wildman–Crippen LogP) is 2.72. The second-order valence-corrected chi connectivity index (χ2v) is 2.62. The fraction of sp³-hybridized carbons (Fsp3) is 0.375. The van der Waals surface area contributed by atoms with E-state index in [4.69, 9.17) is 0 Å². The third-order valence-electron chi connectivity index (χ3n) is 1.50. The molecule has 0 fully saturated rings. The van der Waals surface area contributed by atoms with Crippen LogP contribution in [0.15, 0.2) is 12.1 Å². The van der Waals surface area contributed by atoms with E-state index < -0.39 is 11.9 Å². The fourth-order valence-corrected chi connectivity index (χ4v) is 0.913. The van der Waals surface area contributed by atoms with E-state index in [0.29, 0.717) is 5.69 Å². The van der Waals surface area contributed by atoms with E-state index in [-0.39, 0.29) is 5.56 Å². The topological polar surface area (TPSA) is 12.9 Å². The van der Waals surface area contributed by atoms with Crippen molar-refractivity contribution in [3.63, 3.8) is 0 Å². The van der Waals surface area contributed by atoms with Crippen molar-refractivity contribution in [1.29, 1.82) is 0 Å². The lowest BCUT2D eigenvalue weighted by molar-refractivity contribution is -0.141. The standard InChI is InChI=1S/C8H8F3N/c1-5-3-4-6(2)12-7(5)8(9,10)11/h3-4H,1-2H3. The lowest BCUT2D eigenvalue weighted by Gasteiger charge is -2.08. The quantitative estimate of drug-likeness (QED) is 0.590. The zero-order valence-electron chi connectivity index (χ0n) is 6.74. The largest absolute Gasteiger partial charge is 0.433 e. The van der Waals surface area contributed by atoms with Crippen LogP contribution in [0.4, 0.5) is 13.2 Å². The Morgan fingerprint density at radius 2 is 1.75 bits per heavy atom. The van der Waals surface area contributed by atoms with Gasteiger partial charge in [0.1, 0.15) is 5.69 Å². The number of aryl methyl sites for hydroxylation is 2. The average Bonchev–Trinajstić information content (AvgIpc) is 1.92. The van der Waals surface area contributed by atoms with Gasteiger partial charge in [-0.25, -0.2) is 4.98 Å². The molecule has 1 heterocycles. The molecule has 4 heteroatoms. The first kappa shape index (κ1) is 9.03. The predicted molar refractivity (Wildman–Crippen MR) is 38.7 cm³/mol. The molecule has 0 N–H and O–H groups in total. The average molecular weight is 175 g/mol. The first-order valence-corrected chi connectivity index (χ1v) is 3.42. The summed E-state index contributed by atoms with van der Waals surface area (Å²) < 4.78 is 36.5. The van der Waals surface area contributed by atoms with Crippen molar-refractivity contribution < 1.29 is 13.2 Å². The highest BCUT2D eigenvalue weighted by Crippen LogP contribution is 2.29. The summed E-state index contributed by atoms with van der Waals surface area (Å²) in [6.07, 6.45) is -4.34. The maximum Gasteiger partial charge on any atom is 0.433 e. The molecule has 0 bridgehead atoms. The Morgan fingerprint density at radius 3 is 2.17 bits per heavy atom. The maximum atomic E-state index is 12.2. The molecule has 0 atom stereocenters. The van der Waals surface area contributed by atoms with Crippen LogP contribution in [0.1, 0.15) is 17.0 Å². The molecule has 1 rings (SSSR count). The number of aromatic nitrogens is 1. The second kappa shape index (κ2) is 2.77. The van der Waals surface area contributed by atoms with Gasteiger partial charge in [-0.05, 0) is 25.5 Å². The molecular weight excluding hydrogens is 167 g/mol. The van der Waals surface area contributed by atoms with Crippen LogP contribution < -0.4 is 0 Å². The minimum atomic E-state index is -4.34. The van der Waals surface area contributed by atoms with Gasteiger partial charge in [0.15, 0.2) is 0 Å². The number of rotatable bonds is 0. The molecule has 0 radical (unpaired) electrons. The van der Waals surface area contributed by atoms with Crippen LogP contribution in [0.5, 0.6) is 0 Å². The van der Waals surface area contributed by atoms with E-state index in [0.717, 1.165) is 0 Å². The van der Waals surface area contributed by atoms with Crippen LogP contribution in [0.2, 0.25) is 0 Å². The molecule has 0 amide bonds. The van der Waals surface area contributed by atoms with Crippen LogP contribution in [0.3, 0.4) is 0 Å². The first-order valence-electron chi connectivity index (χ1n) is 3.42. The van der Waals surface area contributed by atoms with Crippen LogP contribution in [-0.2, 0) is 6.18 Å². The molecule has 1 aromatic rings. The van der Waals surface area contributed by atoms with Crippen molar-refractivity contribution in [2.24, 2.45) is 0 Å². The normalized spacial score (nSPS) is 11.8. The van der Waals surface area contributed by atoms with Gasteiger partial charge in [0.25, 0.3) is 0 Å². The zero-order valence-corrected chi connectivity index (χ0v) is 6.74. The molecule has 1 aromatic heterocycles. The van der Waals surface area contributed by atoms with Crippen molar-refractivity contribution in [1.82, 2.24) is 4.98 Å². The molecule has 0 aliphatic rings. The Hall–Kier alpha value is -1.06. The Kier molecular flexibility index (Phi) is 2.08. The monoisotopic (exact) mass is 175 g/mol. The molecule has 66 valence electrons. The third-order valence-corrected chi connectivity index (χ3v) is 1.50. The van der Waals surface area contributed by atoms with Crippen LogP contribution in [0.25, 0.3) is 0 Å². The molecule has 1 nitrogen and oxygen atoms in total. The Morgan fingerprint density at radius 1 is 1.17 bits per heavy atom. The molecule has 0 saturated carbocycles. The summed E-state index contributed by atoms with van der Waals surface area (Å²) in [4.78, 5) is 3.42. The van der Waals surface area contributed by atoms with Gasteiger partial charge < -0.3 is 0 Å². The van der Waals surface area contributed by atoms with E-state index in [2.05, 4.69) is 4.98 Å². The van der Waals surface area contributed by atoms with Gasteiger partial charge in [-0.3, -0.25) is 0 Å². The Balaban J connectivity index is 3.23. The summed E-state index contributed by atoms with van der Waals surface area (Å²) in [5.41, 5.74) is -0.247. The minimum absolute atomic E-state index is 0.160. The summed E-state index contributed by atoms with van der Waals surface area (Å²) >= 11 is 0. The number of alkyl halides is 3. The van der Waals surface area contributed by atoms with Gasteiger partial charge in [-0.2, -0.15) is 13.2 Å². The van der Waals surface area contributed by atoms with Gasteiger partial charge in [0.2, 0.25) is 0 Å². The summed E-state index contributed by atoms with van der Waals surface area (Å²) in [7, 11) is 0. The summed E-state index contributed by atoms with van der Waals surface area (Å²) in [5, 5.41) is 0. The van der Waals surface area contributed by atoms with Crippen LogP contribution in [-0.4, -0.2) is 4.98 Å². The maximum absolute atomic E-state index is 12.2. The van der Waals surface area contributed by atoms with Gasteiger partial charge in [-0.15, -0.1) is 0 Å². The lowest BCUT2D eigenvalue weighted by Crippen LogP contribution is -2.10. The summed E-state index contributed by atoms with van der Waals surface area (Å²) in [6.45, 7) is 2.93. The number of halogens is 3. The highest BCUT2D eigenvalue weighted by molar-refractivity contribution is 5.23. The highest BCUT2D eigenvalue weighted by atomic mass is 19.4. The summed E-state index contributed by atoms with van der Waals surface area (Å²) in [6, 6.07) is 2.98. The van der Waals surface area contributed by atoms with E-state index in [1.54, 1.807) is 6.07 Å². The molecule has 0 unspecified atom stereocenters. The molecule has 12 heavy (non-hydrogen) atoms. The number of pyridine rings is 1. The first-order chi connectivity index (χ1) is 5.41. The van der Waals surface area contributed by atoms with E-state index in [1.807, 2.05) is 0 Å². The number of hydrogen-bond acceptors (Lipinski definition) is 1. The van der Waals surface area contributed by atoms with E-state index in [1.165, 1.54) is 19.9 Å². The fourth-order valence-electron chi connectivity index (χ4n) is 0.913. The zero-order chi connectivity index (χ0) is 9.35. The Bertz CT molecular complexity index is 291. The Labute approximate surface area is 68.2 Å². The van der Waals surface area contributed by atoms with E-state index >= 15 is 0 Å². The molecule has 0 saturated heterocycles.